The number of nitrogens with zero attached hydrogens (tertiary/aromatic N) is 1. The molecule has 1 aromatic carbocycles. The third kappa shape index (κ3) is 3.85. The summed E-state index contributed by atoms with van der Waals surface area (Å²) in [5.41, 5.74) is 0.486. The van der Waals surface area contributed by atoms with Gasteiger partial charge in [0.25, 0.3) is 0 Å². The molecule has 1 aliphatic rings. The summed E-state index contributed by atoms with van der Waals surface area (Å²) < 4.78 is 55.1. The van der Waals surface area contributed by atoms with E-state index in [2.05, 4.69) is 15.0 Å². The molecule has 1 heterocycles. The van der Waals surface area contributed by atoms with E-state index in [1.807, 2.05) is 6.92 Å². The molecular formula is C14H18F4N2O. The Bertz CT molecular complexity index is 464. The lowest BCUT2D eigenvalue weighted by atomic mass is 10.0. The van der Waals surface area contributed by atoms with E-state index in [0.29, 0.717) is 5.56 Å². The monoisotopic (exact) mass is 306 g/mol. The quantitative estimate of drug-likeness (QED) is 0.847. The Morgan fingerprint density at radius 1 is 1.19 bits per heavy atom. The van der Waals surface area contributed by atoms with Gasteiger partial charge in [0, 0.05) is 37.8 Å². The van der Waals surface area contributed by atoms with Crippen molar-refractivity contribution in [2.24, 2.45) is 0 Å². The zero-order valence-electron chi connectivity index (χ0n) is 11.7. The second-order valence-electron chi connectivity index (χ2n) is 4.96. The molecule has 0 saturated carbocycles. The minimum atomic E-state index is -4.49. The number of hydrogen-bond acceptors (Lipinski definition) is 3. The van der Waals surface area contributed by atoms with E-state index in [4.69, 9.17) is 0 Å². The Kier molecular flexibility index (Phi) is 5.05. The van der Waals surface area contributed by atoms with Crippen molar-refractivity contribution in [2.45, 2.75) is 25.5 Å². The van der Waals surface area contributed by atoms with Crippen LogP contribution in [0.1, 0.15) is 18.5 Å². The van der Waals surface area contributed by atoms with Crippen LogP contribution in [0.25, 0.3) is 0 Å². The maximum atomic E-state index is 13.1. The van der Waals surface area contributed by atoms with Gasteiger partial charge >= 0.3 is 12.5 Å². The van der Waals surface area contributed by atoms with E-state index in [0.717, 1.165) is 26.2 Å². The normalized spacial score (nSPS) is 18.8. The van der Waals surface area contributed by atoms with Crippen LogP contribution in [0.2, 0.25) is 0 Å². The minimum Gasteiger partial charge on any atom is -0.428 e. The highest BCUT2D eigenvalue weighted by atomic mass is 19.3. The number of hydrogen-bond donors (Lipinski definition) is 1. The molecule has 0 aliphatic carbocycles. The zero-order chi connectivity index (χ0) is 15.5. The Hall–Kier alpha value is -1.34. The highest BCUT2D eigenvalue weighted by molar-refractivity contribution is 5.36. The number of rotatable bonds is 5. The molecule has 0 aromatic heterocycles. The molecular weight excluding hydrogens is 288 g/mol. The van der Waals surface area contributed by atoms with Crippen LogP contribution in [0, 0.1) is 0 Å². The maximum absolute atomic E-state index is 13.1. The highest BCUT2D eigenvalue weighted by Gasteiger charge is 2.44. The van der Waals surface area contributed by atoms with Crippen molar-refractivity contribution in [3.8, 4) is 5.75 Å². The van der Waals surface area contributed by atoms with E-state index in [1.54, 1.807) is 12.1 Å². The fourth-order valence-corrected chi connectivity index (χ4v) is 2.38. The van der Waals surface area contributed by atoms with Crippen LogP contribution in [-0.2, 0) is 0 Å². The Morgan fingerprint density at radius 2 is 1.81 bits per heavy atom. The van der Waals surface area contributed by atoms with Gasteiger partial charge in [-0.2, -0.15) is 17.6 Å². The number of alkyl halides is 4. The lowest BCUT2D eigenvalue weighted by Crippen LogP contribution is -2.44. The second kappa shape index (κ2) is 6.62. The van der Waals surface area contributed by atoms with Gasteiger partial charge in [0.15, 0.2) is 0 Å². The number of benzene rings is 1. The van der Waals surface area contributed by atoms with Crippen LogP contribution < -0.4 is 10.1 Å². The summed E-state index contributed by atoms with van der Waals surface area (Å²) in [5, 5.41) is 3.20. The molecule has 0 bridgehead atoms. The lowest BCUT2D eigenvalue weighted by Gasteiger charge is -2.34. The molecule has 1 N–H and O–H groups in total. The van der Waals surface area contributed by atoms with Gasteiger partial charge in [0.05, 0.1) is 0 Å². The van der Waals surface area contributed by atoms with Crippen molar-refractivity contribution in [1.29, 1.82) is 0 Å². The molecule has 1 atom stereocenters. The second-order valence-corrected chi connectivity index (χ2v) is 4.96. The van der Waals surface area contributed by atoms with Crippen LogP contribution in [-0.4, -0.2) is 43.6 Å². The first-order valence-electron chi connectivity index (χ1n) is 6.80. The first kappa shape index (κ1) is 16.0. The Balaban J connectivity index is 2.19. The third-order valence-electron chi connectivity index (χ3n) is 3.57. The summed E-state index contributed by atoms with van der Waals surface area (Å²) >= 11 is 0. The first-order valence-corrected chi connectivity index (χ1v) is 6.80. The van der Waals surface area contributed by atoms with Crippen molar-refractivity contribution in [3.05, 3.63) is 29.8 Å². The lowest BCUT2D eigenvalue weighted by molar-refractivity contribution is -0.253. The van der Waals surface area contributed by atoms with Gasteiger partial charge in [-0.3, -0.25) is 4.90 Å². The fraction of sp³-hybridized carbons (Fsp3) is 0.571. The predicted molar refractivity (Wildman–Crippen MR) is 70.9 cm³/mol. The van der Waals surface area contributed by atoms with Gasteiger partial charge in [-0.25, -0.2) is 0 Å². The molecule has 3 nitrogen and oxygen atoms in total. The minimum absolute atomic E-state index is 0.184. The SMILES string of the molecule is C[C@H](c1ccccc1OC(F)(F)C(F)F)N1CCNCC1. The molecule has 0 spiro atoms. The summed E-state index contributed by atoms with van der Waals surface area (Å²) in [6.07, 6.45) is -8.35. The predicted octanol–water partition coefficient (Wildman–Crippen LogP) is 2.89. The summed E-state index contributed by atoms with van der Waals surface area (Å²) in [5.74, 6) is -0.200. The summed E-state index contributed by atoms with van der Waals surface area (Å²) in [4.78, 5) is 2.10. The highest BCUT2D eigenvalue weighted by Crippen LogP contribution is 2.34. The standard InChI is InChI=1S/C14H18F4N2O/c1-10(20-8-6-19-7-9-20)11-4-2-3-5-12(11)21-14(17,18)13(15)16/h2-5,10,13,19H,6-9H2,1H3/t10-/m1/s1. The maximum Gasteiger partial charge on any atom is 0.461 e. The van der Waals surface area contributed by atoms with Crippen LogP contribution in [0.4, 0.5) is 17.6 Å². The number of para-hydroxylation sites is 1. The molecule has 1 saturated heterocycles. The van der Waals surface area contributed by atoms with Crippen LogP contribution in [0.5, 0.6) is 5.75 Å². The molecule has 0 amide bonds. The molecule has 0 unspecified atom stereocenters. The van der Waals surface area contributed by atoms with Gasteiger partial charge in [-0.1, -0.05) is 18.2 Å². The van der Waals surface area contributed by atoms with E-state index in [1.165, 1.54) is 12.1 Å². The molecule has 7 heteroatoms. The molecule has 1 aliphatic heterocycles. The molecule has 21 heavy (non-hydrogen) atoms. The largest absolute Gasteiger partial charge is 0.461 e. The smallest absolute Gasteiger partial charge is 0.428 e. The van der Waals surface area contributed by atoms with E-state index >= 15 is 0 Å². The van der Waals surface area contributed by atoms with Gasteiger partial charge in [-0.05, 0) is 13.0 Å². The van der Waals surface area contributed by atoms with Crippen LogP contribution in [0.3, 0.4) is 0 Å². The van der Waals surface area contributed by atoms with Gasteiger partial charge in [0.1, 0.15) is 5.75 Å². The van der Waals surface area contributed by atoms with Crippen molar-refractivity contribution in [1.82, 2.24) is 10.2 Å². The zero-order valence-corrected chi connectivity index (χ0v) is 11.7. The van der Waals surface area contributed by atoms with Gasteiger partial charge < -0.3 is 10.1 Å². The molecule has 118 valence electrons. The number of ether oxygens (including phenoxy) is 1. The van der Waals surface area contributed by atoms with Crippen molar-refractivity contribution in [2.75, 3.05) is 26.2 Å². The van der Waals surface area contributed by atoms with Crippen LogP contribution in [0.15, 0.2) is 24.3 Å². The van der Waals surface area contributed by atoms with Gasteiger partial charge in [-0.15, -0.1) is 0 Å². The van der Waals surface area contributed by atoms with Crippen molar-refractivity contribution in [3.63, 3.8) is 0 Å². The van der Waals surface area contributed by atoms with Crippen molar-refractivity contribution < 1.29 is 22.3 Å². The molecule has 1 aromatic rings. The third-order valence-corrected chi connectivity index (χ3v) is 3.57. The topological polar surface area (TPSA) is 24.5 Å². The summed E-state index contributed by atoms with van der Waals surface area (Å²) in [7, 11) is 0. The van der Waals surface area contributed by atoms with E-state index < -0.39 is 12.5 Å². The van der Waals surface area contributed by atoms with Crippen molar-refractivity contribution >= 4 is 0 Å². The first-order chi connectivity index (χ1) is 9.92. The molecule has 0 radical (unpaired) electrons. The summed E-state index contributed by atoms with van der Waals surface area (Å²) in [6.45, 7) is 5.00. The number of piperazine rings is 1. The van der Waals surface area contributed by atoms with Gasteiger partial charge in [0.2, 0.25) is 0 Å². The average molecular weight is 306 g/mol. The fourth-order valence-electron chi connectivity index (χ4n) is 2.38. The van der Waals surface area contributed by atoms with E-state index in [-0.39, 0.29) is 11.8 Å². The number of nitrogens with one attached hydrogen (secondary N) is 1. The Labute approximate surface area is 120 Å². The molecule has 1 fully saturated rings. The Morgan fingerprint density at radius 3 is 2.43 bits per heavy atom. The average Bonchev–Trinajstić information content (AvgIpc) is 2.47. The summed E-state index contributed by atoms with van der Waals surface area (Å²) in [6, 6.07) is 5.91. The number of halogens is 4. The van der Waals surface area contributed by atoms with E-state index in [9.17, 15) is 17.6 Å². The molecule has 2 rings (SSSR count). The van der Waals surface area contributed by atoms with Crippen LogP contribution >= 0.6 is 0 Å².